The van der Waals surface area contributed by atoms with E-state index in [2.05, 4.69) is 43.0 Å². The highest BCUT2D eigenvalue weighted by Crippen LogP contribution is 2.23. The molecular weight excluding hydrogens is 376 g/mol. The summed E-state index contributed by atoms with van der Waals surface area (Å²) in [6, 6.07) is 0. The molecule has 0 saturated heterocycles. The summed E-state index contributed by atoms with van der Waals surface area (Å²) in [5.74, 6) is 0. The first kappa shape index (κ1) is 28.4. The minimum atomic E-state index is 0.644. The molecule has 0 bridgehead atoms. The lowest BCUT2D eigenvalue weighted by molar-refractivity contribution is 0.135. The van der Waals surface area contributed by atoms with Crippen LogP contribution in [-0.4, -0.2) is 29.1 Å². The Hall–Kier alpha value is -0.660. The molecule has 0 fully saturated rings. The van der Waals surface area contributed by atoms with E-state index in [1.807, 2.05) is 0 Å². The molecule has 1 atom stereocenters. The van der Waals surface area contributed by atoms with Crippen LogP contribution in [0.15, 0.2) is 12.4 Å². The molecule has 1 heterocycles. The number of hydrogen-bond acceptors (Lipinski definition) is 2. The van der Waals surface area contributed by atoms with Crippen LogP contribution >= 0.6 is 0 Å². The number of rotatable bonds is 23. The van der Waals surface area contributed by atoms with Crippen LogP contribution < -0.4 is 0 Å². The van der Waals surface area contributed by atoms with Crippen LogP contribution in [0.4, 0.5) is 0 Å². The van der Waals surface area contributed by atoms with E-state index in [0.29, 0.717) is 6.17 Å². The molecule has 1 rings (SSSR count). The van der Waals surface area contributed by atoms with Gasteiger partial charge < -0.3 is 9.80 Å². The zero-order valence-corrected chi connectivity index (χ0v) is 21.9. The highest BCUT2D eigenvalue weighted by Gasteiger charge is 2.24. The van der Waals surface area contributed by atoms with Crippen LogP contribution in [0.3, 0.4) is 0 Å². The van der Waals surface area contributed by atoms with Gasteiger partial charge >= 0.3 is 0 Å². The Morgan fingerprint density at radius 2 is 0.742 bits per heavy atom. The van der Waals surface area contributed by atoms with Crippen molar-refractivity contribution in [3.05, 3.63) is 12.4 Å². The molecule has 0 aromatic carbocycles. The van der Waals surface area contributed by atoms with Gasteiger partial charge in [0.25, 0.3) is 0 Å². The van der Waals surface area contributed by atoms with Crippen LogP contribution in [0.5, 0.6) is 0 Å². The maximum Gasteiger partial charge on any atom is 0.101 e. The number of hydrogen-bond donors (Lipinski definition) is 0. The molecule has 31 heavy (non-hydrogen) atoms. The molecule has 2 nitrogen and oxygen atoms in total. The van der Waals surface area contributed by atoms with E-state index in [1.54, 1.807) is 0 Å². The third-order valence-corrected chi connectivity index (χ3v) is 7.07. The van der Waals surface area contributed by atoms with Gasteiger partial charge in [0.1, 0.15) is 6.17 Å². The van der Waals surface area contributed by atoms with Gasteiger partial charge in [-0.15, -0.1) is 0 Å². The zero-order chi connectivity index (χ0) is 22.4. The molecule has 0 aromatic heterocycles. The van der Waals surface area contributed by atoms with Crippen LogP contribution in [0.1, 0.15) is 156 Å². The summed E-state index contributed by atoms with van der Waals surface area (Å²) in [7, 11) is 0. The highest BCUT2D eigenvalue weighted by molar-refractivity contribution is 4.96. The van der Waals surface area contributed by atoms with Crippen molar-refractivity contribution in [1.82, 2.24) is 9.80 Å². The Morgan fingerprint density at radius 3 is 1.13 bits per heavy atom. The average molecular weight is 435 g/mol. The fourth-order valence-corrected chi connectivity index (χ4v) is 4.95. The molecule has 184 valence electrons. The van der Waals surface area contributed by atoms with E-state index in [4.69, 9.17) is 0 Å². The Labute approximate surface area is 197 Å². The maximum atomic E-state index is 2.67. The lowest BCUT2D eigenvalue weighted by atomic mass is 10.1. The molecule has 1 unspecified atom stereocenters. The molecule has 1 aliphatic heterocycles. The fraction of sp³-hybridized carbons (Fsp3) is 0.931. The maximum absolute atomic E-state index is 2.67. The second-order valence-electron chi connectivity index (χ2n) is 10.1. The normalized spacial score (nSPS) is 16.0. The van der Waals surface area contributed by atoms with E-state index >= 15 is 0 Å². The third-order valence-electron chi connectivity index (χ3n) is 7.07. The Morgan fingerprint density at radius 1 is 0.419 bits per heavy atom. The van der Waals surface area contributed by atoms with Crippen molar-refractivity contribution in [2.45, 2.75) is 162 Å². The summed E-state index contributed by atoms with van der Waals surface area (Å²) in [5.41, 5.74) is 0. The van der Waals surface area contributed by atoms with Crippen LogP contribution in [0.2, 0.25) is 0 Å². The van der Waals surface area contributed by atoms with Crippen LogP contribution in [-0.2, 0) is 0 Å². The van der Waals surface area contributed by atoms with Crippen molar-refractivity contribution < 1.29 is 0 Å². The highest BCUT2D eigenvalue weighted by atomic mass is 15.4. The van der Waals surface area contributed by atoms with Crippen molar-refractivity contribution in [2.75, 3.05) is 13.1 Å². The minimum absolute atomic E-state index is 0.644. The van der Waals surface area contributed by atoms with Gasteiger partial charge in [0.15, 0.2) is 0 Å². The van der Waals surface area contributed by atoms with E-state index in [-0.39, 0.29) is 0 Å². The van der Waals surface area contributed by atoms with Crippen molar-refractivity contribution in [3.63, 3.8) is 0 Å². The van der Waals surface area contributed by atoms with E-state index in [0.717, 1.165) is 0 Å². The summed E-state index contributed by atoms with van der Waals surface area (Å²) in [6.45, 7) is 9.46. The molecule has 0 aliphatic carbocycles. The van der Waals surface area contributed by atoms with E-state index in [9.17, 15) is 0 Å². The molecule has 0 N–H and O–H groups in total. The predicted molar refractivity (Wildman–Crippen MR) is 140 cm³/mol. The van der Waals surface area contributed by atoms with Gasteiger partial charge in [-0.25, -0.2) is 0 Å². The topological polar surface area (TPSA) is 6.48 Å². The van der Waals surface area contributed by atoms with Gasteiger partial charge in [0, 0.05) is 25.5 Å². The summed E-state index contributed by atoms with van der Waals surface area (Å²) in [6.07, 6.45) is 35.0. The molecule has 2 heteroatoms. The predicted octanol–water partition coefficient (Wildman–Crippen LogP) is 9.65. The standard InChI is InChI=1S/C29H58N2/c1-4-7-10-12-14-16-18-20-23-26-31-28-27-30(29(31)24-21-9-6-3)25-22-19-17-15-13-11-8-5-2/h27-29H,4-26H2,1-3H3. The first-order chi connectivity index (χ1) is 15.3. The molecule has 0 saturated carbocycles. The molecule has 0 aromatic rings. The monoisotopic (exact) mass is 434 g/mol. The van der Waals surface area contributed by atoms with Gasteiger partial charge in [-0.2, -0.15) is 0 Å². The first-order valence-corrected chi connectivity index (χ1v) is 14.5. The van der Waals surface area contributed by atoms with Gasteiger partial charge in [0.2, 0.25) is 0 Å². The second-order valence-corrected chi connectivity index (χ2v) is 10.1. The largest absolute Gasteiger partial charge is 0.356 e. The van der Waals surface area contributed by atoms with Gasteiger partial charge in [-0.3, -0.25) is 0 Å². The smallest absolute Gasteiger partial charge is 0.101 e. The lowest BCUT2D eigenvalue weighted by Crippen LogP contribution is -2.39. The summed E-state index contributed by atoms with van der Waals surface area (Å²) >= 11 is 0. The van der Waals surface area contributed by atoms with E-state index in [1.165, 1.54) is 148 Å². The van der Waals surface area contributed by atoms with Crippen molar-refractivity contribution >= 4 is 0 Å². The molecular formula is C29H58N2. The lowest BCUT2D eigenvalue weighted by Gasteiger charge is -2.33. The fourth-order valence-electron chi connectivity index (χ4n) is 4.95. The minimum Gasteiger partial charge on any atom is -0.356 e. The molecule has 0 amide bonds. The second kappa shape index (κ2) is 21.2. The van der Waals surface area contributed by atoms with Crippen molar-refractivity contribution in [3.8, 4) is 0 Å². The zero-order valence-electron chi connectivity index (χ0n) is 21.9. The van der Waals surface area contributed by atoms with Crippen molar-refractivity contribution in [2.24, 2.45) is 0 Å². The Bertz CT molecular complexity index is 392. The Kier molecular flexibility index (Phi) is 19.4. The summed E-state index contributed by atoms with van der Waals surface area (Å²) in [5, 5.41) is 0. The van der Waals surface area contributed by atoms with E-state index < -0.39 is 0 Å². The molecule has 0 radical (unpaired) electrons. The average Bonchev–Trinajstić information content (AvgIpc) is 3.16. The number of nitrogens with zero attached hydrogens (tertiary/aromatic N) is 2. The molecule has 1 aliphatic rings. The quantitative estimate of drug-likeness (QED) is 0.148. The summed E-state index contributed by atoms with van der Waals surface area (Å²) in [4.78, 5) is 5.34. The summed E-state index contributed by atoms with van der Waals surface area (Å²) < 4.78 is 0. The Balaban J connectivity index is 2.18. The molecule has 0 spiro atoms. The number of unbranched alkanes of at least 4 members (excludes halogenated alkanes) is 17. The third kappa shape index (κ3) is 14.9. The van der Waals surface area contributed by atoms with Gasteiger partial charge in [-0.05, 0) is 25.7 Å². The van der Waals surface area contributed by atoms with Gasteiger partial charge in [-0.1, -0.05) is 130 Å². The van der Waals surface area contributed by atoms with Crippen LogP contribution in [0.25, 0.3) is 0 Å². The van der Waals surface area contributed by atoms with Crippen LogP contribution in [0, 0.1) is 0 Å². The van der Waals surface area contributed by atoms with Crippen molar-refractivity contribution in [1.29, 1.82) is 0 Å². The SMILES string of the molecule is CCCCCCCCCCCN1C=CN(CCCCCCCCCC)C1CCCCC. The van der Waals surface area contributed by atoms with Gasteiger partial charge in [0.05, 0.1) is 0 Å². The first-order valence-electron chi connectivity index (χ1n) is 14.5.